The molecule has 0 aromatic carbocycles. The first-order chi connectivity index (χ1) is 15.7. The highest BCUT2D eigenvalue weighted by atomic mass is 35.5. The summed E-state index contributed by atoms with van der Waals surface area (Å²) < 4.78 is 3.60. The summed E-state index contributed by atoms with van der Waals surface area (Å²) >= 11 is 6.04. The number of nitrogens with zero attached hydrogens (tertiary/aromatic N) is 5. The molecule has 0 spiro atoms. The molecule has 0 saturated heterocycles. The number of carbonyl (C=O) groups is 2. The van der Waals surface area contributed by atoms with E-state index in [1.54, 1.807) is 17.2 Å². The number of carbonyl (C=O) groups excluding carboxylic acids is 2. The SMILES string of the molecule is CCn1cc(NC(=O)C23CC4CC(C2)CC(n2cnc(Cl)n2)(C4)C3)c(C(=O)NCC(C)C)n1. The van der Waals surface area contributed by atoms with Crippen molar-refractivity contribution in [2.75, 3.05) is 11.9 Å². The molecule has 178 valence electrons. The van der Waals surface area contributed by atoms with Crippen molar-refractivity contribution in [3.63, 3.8) is 0 Å². The number of hydrogen-bond donors (Lipinski definition) is 2. The second-order valence-electron chi connectivity index (χ2n) is 10.7. The van der Waals surface area contributed by atoms with E-state index in [9.17, 15) is 9.59 Å². The normalized spacial score (nSPS) is 30.1. The van der Waals surface area contributed by atoms with Crippen LogP contribution in [-0.4, -0.2) is 42.9 Å². The number of halogens is 1. The Morgan fingerprint density at radius 3 is 2.55 bits per heavy atom. The number of aryl methyl sites for hydroxylation is 1. The summed E-state index contributed by atoms with van der Waals surface area (Å²) in [5.74, 6) is 1.01. The third kappa shape index (κ3) is 3.94. The van der Waals surface area contributed by atoms with Gasteiger partial charge in [0.2, 0.25) is 11.2 Å². The van der Waals surface area contributed by atoms with Crippen LogP contribution in [0.5, 0.6) is 0 Å². The van der Waals surface area contributed by atoms with E-state index in [-0.39, 0.29) is 28.3 Å². The van der Waals surface area contributed by atoms with Crippen molar-refractivity contribution in [3.05, 3.63) is 23.5 Å². The van der Waals surface area contributed by atoms with Gasteiger partial charge in [0.05, 0.1) is 16.6 Å². The lowest BCUT2D eigenvalue weighted by molar-refractivity contribution is -0.150. The maximum atomic E-state index is 13.8. The van der Waals surface area contributed by atoms with Crippen molar-refractivity contribution in [1.82, 2.24) is 29.9 Å². The Morgan fingerprint density at radius 2 is 1.94 bits per heavy atom. The van der Waals surface area contributed by atoms with Gasteiger partial charge < -0.3 is 10.6 Å². The summed E-state index contributed by atoms with van der Waals surface area (Å²) in [6, 6.07) is 0. The van der Waals surface area contributed by atoms with Crippen molar-refractivity contribution in [1.29, 1.82) is 0 Å². The Balaban J connectivity index is 1.41. The van der Waals surface area contributed by atoms with Crippen molar-refractivity contribution < 1.29 is 9.59 Å². The summed E-state index contributed by atoms with van der Waals surface area (Å²) in [5.41, 5.74) is 0.0554. The number of rotatable bonds is 7. The topological polar surface area (TPSA) is 107 Å². The number of hydrogen-bond acceptors (Lipinski definition) is 5. The summed E-state index contributed by atoms with van der Waals surface area (Å²) in [5, 5.41) is 15.1. The van der Waals surface area contributed by atoms with E-state index in [4.69, 9.17) is 11.6 Å². The van der Waals surface area contributed by atoms with E-state index in [1.165, 1.54) is 0 Å². The zero-order valence-electron chi connectivity index (χ0n) is 19.5. The van der Waals surface area contributed by atoms with Gasteiger partial charge in [-0.1, -0.05) is 13.8 Å². The molecular weight excluding hydrogens is 442 g/mol. The average Bonchev–Trinajstić information content (AvgIpc) is 3.37. The predicted molar refractivity (Wildman–Crippen MR) is 124 cm³/mol. The smallest absolute Gasteiger partial charge is 0.273 e. The molecule has 2 heterocycles. The van der Waals surface area contributed by atoms with E-state index in [2.05, 4.69) is 25.8 Å². The van der Waals surface area contributed by atoms with Gasteiger partial charge >= 0.3 is 0 Å². The van der Waals surface area contributed by atoms with Crippen LogP contribution in [0.4, 0.5) is 5.69 Å². The Hall–Kier alpha value is -2.42. The van der Waals surface area contributed by atoms with Gasteiger partial charge in [-0.25, -0.2) is 9.67 Å². The van der Waals surface area contributed by atoms with E-state index >= 15 is 0 Å². The molecule has 4 aliphatic carbocycles. The van der Waals surface area contributed by atoms with Crippen LogP contribution in [0.2, 0.25) is 5.28 Å². The van der Waals surface area contributed by atoms with Crippen molar-refractivity contribution in [3.8, 4) is 0 Å². The number of anilines is 1. The second-order valence-corrected chi connectivity index (χ2v) is 11.1. The maximum absolute atomic E-state index is 13.8. The number of amides is 2. The standard InChI is InChI=1S/C23H32ClN7O2/c1-4-30-11-17(18(28-30)19(32)25-10-14(2)3)27-20(33)22-6-15-5-16(7-22)9-23(8-15,12-22)31-13-26-21(24)29-31/h11,13-16H,4-10,12H2,1-3H3,(H,25,32)(H,27,33). The summed E-state index contributed by atoms with van der Waals surface area (Å²) in [4.78, 5) is 30.8. The fraction of sp³-hybridized carbons (Fsp3) is 0.696. The Bertz CT molecular complexity index is 1060. The van der Waals surface area contributed by atoms with Crippen LogP contribution in [0.15, 0.2) is 12.5 Å². The zero-order chi connectivity index (χ0) is 23.4. The molecule has 10 heteroatoms. The van der Waals surface area contributed by atoms with Gasteiger partial charge in [0.1, 0.15) is 6.33 Å². The van der Waals surface area contributed by atoms with Gasteiger partial charge in [-0.3, -0.25) is 14.3 Å². The van der Waals surface area contributed by atoms with Crippen LogP contribution in [0.25, 0.3) is 0 Å². The summed E-state index contributed by atoms with van der Waals surface area (Å²) in [7, 11) is 0. The lowest BCUT2D eigenvalue weighted by Crippen LogP contribution is -2.60. The fourth-order valence-electron chi connectivity index (χ4n) is 6.70. The van der Waals surface area contributed by atoms with Crippen LogP contribution in [0.3, 0.4) is 0 Å². The van der Waals surface area contributed by atoms with Crippen LogP contribution < -0.4 is 10.6 Å². The van der Waals surface area contributed by atoms with Crippen LogP contribution in [-0.2, 0) is 16.9 Å². The molecule has 33 heavy (non-hydrogen) atoms. The van der Waals surface area contributed by atoms with E-state index in [1.807, 2.05) is 25.5 Å². The minimum atomic E-state index is -0.484. The van der Waals surface area contributed by atoms with Crippen LogP contribution in [0.1, 0.15) is 69.8 Å². The maximum Gasteiger partial charge on any atom is 0.273 e. The number of nitrogens with one attached hydrogen (secondary N) is 2. The lowest BCUT2D eigenvalue weighted by Gasteiger charge is -2.60. The Kier molecular flexibility index (Phi) is 5.50. The van der Waals surface area contributed by atoms with E-state index in [0.717, 1.165) is 38.5 Å². The minimum Gasteiger partial charge on any atom is -0.350 e. The molecule has 6 rings (SSSR count). The van der Waals surface area contributed by atoms with Gasteiger partial charge in [-0.2, -0.15) is 5.10 Å². The van der Waals surface area contributed by atoms with Gasteiger partial charge in [0, 0.05) is 19.3 Å². The quantitative estimate of drug-likeness (QED) is 0.640. The van der Waals surface area contributed by atoms with Crippen molar-refractivity contribution >= 4 is 29.1 Å². The molecule has 2 amide bonds. The molecule has 2 aromatic rings. The first-order valence-electron chi connectivity index (χ1n) is 12.0. The van der Waals surface area contributed by atoms with Gasteiger partial charge in [-0.15, -0.1) is 5.10 Å². The molecule has 2 aromatic heterocycles. The van der Waals surface area contributed by atoms with Crippen LogP contribution in [0, 0.1) is 23.2 Å². The molecule has 4 aliphatic rings. The highest BCUT2D eigenvalue weighted by molar-refractivity contribution is 6.28. The second kappa shape index (κ2) is 8.11. The zero-order valence-corrected chi connectivity index (χ0v) is 20.2. The van der Waals surface area contributed by atoms with Crippen molar-refractivity contribution in [2.45, 2.75) is 71.4 Å². The third-order valence-corrected chi connectivity index (χ3v) is 7.85. The minimum absolute atomic E-state index is 0.0132. The molecule has 4 bridgehead atoms. The third-order valence-electron chi connectivity index (χ3n) is 7.68. The Morgan fingerprint density at radius 1 is 1.21 bits per heavy atom. The summed E-state index contributed by atoms with van der Waals surface area (Å²) in [6.45, 7) is 7.21. The molecule has 2 unspecified atom stereocenters. The average molecular weight is 474 g/mol. The summed E-state index contributed by atoms with van der Waals surface area (Å²) in [6.07, 6.45) is 9.11. The molecular formula is C23H32ClN7O2. The van der Waals surface area contributed by atoms with Crippen LogP contribution >= 0.6 is 11.6 Å². The molecule has 0 radical (unpaired) electrons. The van der Waals surface area contributed by atoms with Crippen molar-refractivity contribution in [2.24, 2.45) is 23.2 Å². The highest BCUT2D eigenvalue weighted by Crippen LogP contribution is 2.64. The molecule has 2 N–H and O–H groups in total. The van der Waals surface area contributed by atoms with E-state index < -0.39 is 5.41 Å². The van der Waals surface area contributed by atoms with Gasteiger partial charge in [0.25, 0.3) is 5.91 Å². The number of aromatic nitrogens is 5. The monoisotopic (exact) mass is 473 g/mol. The van der Waals surface area contributed by atoms with E-state index in [0.29, 0.717) is 36.5 Å². The molecule has 9 nitrogen and oxygen atoms in total. The molecule has 4 fully saturated rings. The molecule has 0 aliphatic heterocycles. The fourth-order valence-corrected chi connectivity index (χ4v) is 6.82. The largest absolute Gasteiger partial charge is 0.350 e. The molecule has 2 atom stereocenters. The lowest BCUT2D eigenvalue weighted by atomic mass is 9.46. The first-order valence-corrected chi connectivity index (χ1v) is 12.3. The van der Waals surface area contributed by atoms with Gasteiger partial charge in [0.15, 0.2) is 5.69 Å². The predicted octanol–water partition coefficient (Wildman–Crippen LogP) is 3.47. The van der Waals surface area contributed by atoms with Gasteiger partial charge in [-0.05, 0) is 74.8 Å². The Labute approximate surface area is 198 Å². The highest BCUT2D eigenvalue weighted by Gasteiger charge is 2.61. The first kappa shape index (κ1) is 22.4. The molecule has 4 saturated carbocycles.